The van der Waals surface area contributed by atoms with Crippen molar-refractivity contribution in [2.45, 2.75) is 18.4 Å². The Balaban J connectivity index is 2.07. The Morgan fingerprint density at radius 3 is 2.60 bits per heavy atom. The van der Waals surface area contributed by atoms with Gasteiger partial charge in [0.15, 0.2) is 0 Å². The quantitative estimate of drug-likeness (QED) is 0.808. The summed E-state index contributed by atoms with van der Waals surface area (Å²) in [4.78, 5) is 10.7. The number of carbonyl (C=O) groups is 1. The van der Waals surface area contributed by atoms with Crippen molar-refractivity contribution in [2.75, 3.05) is 6.54 Å². The monoisotopic (exact) mass is 225 g/mol. The first kappa shape index (κ1) is 10.5. The highest BCUT2D eigenvalue weighted by Gasteiger charge is 2.29. The summed E-state index contributed by atoms with van der Waals surface area (Å²) in [6.45, 7) is 0.721. The molecule has 1 heterocycles. The van der Waals surface area contributed by atoms with Crippen molar-refractivity contribution in [2.24, 2.45) is 0 Å². The summed E-state index contributed by atoms with van der Waals surface area (Å²) in [7, 11) is 0. The largest absolute Gasteiger partial charge is 0.480 e. The molecule has 1 aromatic carbocycles. The third-order valence-corrected chi connectivity index (χ3v) is 3.02. The van der Waals surface area contributed by atoms with E-state index in [-0.39, 0.29) is 5.92 Å². The number of aliphatic carboxylic acids is 1. The molecule has 1 aliphatic heterocycles. The molecule has 80 valence electrons. The van der Waals surface area contributed by atoms with Gasteiger partial charge in [-0.15, -0.1) is 0 Å². The van der Waals surface area contributed by atoms with Crippen LogP contribution in [0.15, 0.2) is 24.3 Å². The minimum Gasteiger partial charge on any atom is -0.480 e. The summed E-state index contributed by atoms with van der Waals surface area (Å²) in [5.41, 5.74) is 1.15. The second kappa shape index (κ2) is 4.21. The fourth-order valence-electron chi connectivity index (χ4n) is 1.91. The predicted molar refractivity (Wildman–Crippen MR) is 58.2 cm³/mol. The van der Waals surface area contributed by atoms with Crippen LogP contribution in [0.1, 0.15) is 17.9 Å². The smallest absolute Gasteiger partial charge is 0.320 e. The Kier molecular flexibility index (Phi) is 2.93. The molecule has 2 atom stereocenters. The van der Waals surface area contributed by atoms with E-state index in [0.29, 0.717) is 11.4 Å². The molecule has 15 heavy (non-hydrogen) atoms. The van der Waals surface area contributed by atoms with Crippen molar-refractivity contribution in [3.8, 4) is 0 Å². The van der Waals surface area contributed by atoms with E-state index in [4.69, 9.17) is 16.7 Å². The first-order valence-electron chi connectivity index (χ1n) is 4.88. The summed E-state index contributed by atoms with van der Waals surface area (Å²) in [5, 5.41) is 12.5. The summed E-state index contributed by atoms with van der Waals surface area (Å²) in [5.74, 6) is -0.491. The van der Waals surface area contributed by atoms with Crippen LogP contribution in [0.3, 0.4) is 0 Å². The van der Waals surface area contributed by atoms with Crippen LogP contribution in [-0.2, 0) is 4.79 Å². The zero-order chi connectivity index (χ0) is 10.8. The van der Waals surface area contributed by atoms with Crippen molar-refractivity contribution in [1.82, 2.24) is 5.32 Å². The molecule has 0 saturated carbocycles. The maximum atomic E-state index is 10.7. The molecule has 0 aromatic heterocycles. The number of rotatable bonds is 2. The number of hydrogen-bond acceptors (Lipinski definition) is 2. The van der Waals surface area contributed by atoms with Gasteiger partial charge in [-0.3, -0.25) is 4.79 Å². The van der Waals surface area contributed by atoms with Gasteiger partial charge in [-0.1, -0.05) is 23.7 Å². The molecule has 3 nitrogen and oxygen atoms in total. The van der Waals surface area contributed by atoms with Crippen LogP contribution in [0.2, 0.25) is 5.02 Å². The number of carboxylic acid groups (broad SMARTS) is 1. The maximum absolute atomic E-state index is 10.7. The minimum absolute atomic E-state index is 0.281. The molecule has 0 aliphatic carbocycles. The topological polar surface area (TPSA) is 49.3 Å². The van der Waals surface area contributed by atoms with Gasteiger partial charge in [-0.05, 0) is 30.0 Å². The van der Waals surface area contributed by atoms with Crippen LogP contribution in [0.4, 0.5) is 0 Å². The third-order valence-electron chi connectivity index (χ3n) is 2.77. The highest BCUT2D eigenvalue weighted by molar-refractivity contribution is 6.30. The van der Waals surface area contributed by atoms with Gasteiger partial charge in [0.25, 0.3) is 0 Å². The molecule has 0 bridgehead atoms. The van der Waals surface area contributed by atoms with Crippen LogP contribution in [0.25, 0.3) is 0 Å². The molecule has 2 rings (SSSR count). The summed E-state index contributed by atoms with van der Waals surface area (Å²) in [6, 6.07) is 7.18. The first-order chi connectivity index (χ1) is 7.16. The lowest BCUT2D eigenvalue weighted by molar-refractivity contribution is -0.139. The lowest BCUT2D eigenvalue weighted by Crippen LogP contribution is -2.29. The first-order valence-corrected chi connectivity index (χ1v) is 5.26. The molecule has 4 heteroatoms. The molecule has 0 unspecified atom stereocenters. The van der Waals surface area contributed by atoms with Crippen LogP contribution >= 0.6 is 11.6 Å². The van der Waals surface area contributed by atoms with Crippen LogP contribution < -0.4 is 5.32 Å². The fraction of sp³-hybridized carbons (Fsp3) is 0.364. The van der Waals surface area contributed by atoms with E-state index in [1.165, 1.54) is 0 Å². The Labute approximate surface area is 93.1 Å². The second-order valence-corrected chi connectivity index (χ2v) is 4.22. The van der Waals surface area contributed by atoms with Crippen molar-refractivity contribution in [3.63, 3.8) is 0 Å². The molecule has 0 amide bonds. The van der Waals surface area contributed by atoms with Crippen LogP contribution in [-0.4, -0.2) is 23.7 Å². The van der Waals surface area contributed by atoms with Crippen molar-refractivity contribution >= 4 is 17.6 Å². The molecular weight excluding hydrogens is 214 g/mol. The van der Waals surface area contributed by atoms with E-state index in [2.05, 4.69) is 5.32 Å². The van der Waals surface area contributed by atoms with Gasteiger partial charge in [0.2, 0.25) is 0 Å². The zero-order valence-electron chi connectivity index (χ0n) is 8.11. The molecule has 1 fully saturated rings. The highest BCUT2D eigenvalue weighted by Crippen LogP contribution is 2.26. The van der Waals surface area contributed by atoms with Gasteiger partial charge in [0, 0.05) is 11.6 Å². The van der Waals surface area contributed by atoms with Gasteiger partial charge >= 0.3 is 5.97 Å². The van der Waals surface area contributed by atoms with E-state index in [1.807, 2.05) is 24.3 Å². The van der Waals surface area contributed by atoms with Crippen LogP contribution in [0, 0.1) is 0 Å². The van der Waals surface area contributed by atoms with Crippen molar-refractivity contribution < 1.29 is 9.90 Å². The molecule has 1 aliphatic rings. The number of nitrogens with one attached hydrogen (secondary N) is 1. The lowest BCUT2D eigenvalue weighted by Gasteiger charge is -2.08. The molecule has 0 spiro atoms. The summed E-state index contributed by atoms with van der Waals surface area (Å²) in [6.07, 6.45) is 0.650. The molecule has 0 radical (unpaired) electrons. The predicted octanol–water partition coefficient (Wildman–Crippen LogP) is 1.87. The van der Waals surface area contributed by atoms with Gasteiger partial charge in [0.05, 0.1) is 0 Å². The average molecular weight is 226 g/mol. The van der Waals surface area contributed by atoms with Gasteiger partial charge in [-0.2, -0.15) is 0 Å². The van der Waals surface area contributed by atoms with E-state index in [9.17, 15) is 4.79 Å². The third kappa shape index (κ3) is 2.30. The summed E-state index contributed by atoms with van der Waals surface area (Å²) >= 11 is 5.79. The zero-order valence-corrected chi connectivity index (χ0v) is 8.87. The van der Waals surface area contributed by atoms with Crippen molar-refractivity contribution in [3.05, 3.63) is 34.9 Å². The standard InChI is InChI=1S/C11H12ClNO2/c12-9-3-1-7(2-4-9)8-5-10(11(14)15)13-6-8/h1-4,8,10,13H,5-6H2,(H,14,15)/t8-,10-/m1/s1. The van der Waals surface area contributed by atoms with E-state index >= 15 is 0 Å². The Morgan fingerprint density at radius 1 is 1.40 bits per heavy atom. The second-order valence-electron chi connectivity index (χ2n) is 3.78. The van der Waals surface area contributed by atoms with E-state index in [1.54, 1.807) is 0 Å². The van der Waals surface area contributed by atoms with Gasteiger partial charge in [0.1, 0.15) is 6.04 Å². The molecule has 1 aromatic rings. The van der Waals surface area contributed by atoms with Crippen molar-refractivity contribution in [1.29, 1.82) is 0 Å². The average Bonchev–Trinajstić information content (AvgIpc) is 2.68. The summed E-state index contributed by atoms with van der Waals surface area (Å²) < 4.78 is 0. The van der Waals surface area contributed by atoms with Crippen LogP contribution in [0.5, 0.6) is 0 Å². The Hall–Kier alpha value is -1.06. The van der Waals surface area contributed by atoms with Gasteiger partial charge < -0.3 is 10.4 Å². The SMILES string of the molecule is O=C(O)[C@H]1C[C@@H](c2ccc(Cl)cc2)CN1. The van der Waals surface area contributed by atoms with E-state index in [0.717, 1.165) is 12.1 Å². The lowest BCUT2D eigenvalue weighted by atomic mass is 9.96. The minimum atomic E-state index is -0.772. The Morgan fingerprint density at radius 2 is 2.07 bits per heavy atom. The molecule has 2 N–H and O–H groups in total. The Bertz CT molecular complexity index is 363. The normalized spacial score (nSPS) is 25.4. The molecular formula is C11H12ClNO2. The number of carboxylic acids is 1. The van der Waals surface area contributed by atoms with Gasteiger partial charge in [-0.25, -0.2) is 0 Å². The molecule has 1 saturated heterocycles. The number of hydrogen-bond donors (Lipinski definition) is 2. The van der Waals surface area contributed by atoms with E-state index < -0.39 is 12.0 Å². The highest BCUT2D eigenvalue weighted by atomic mass is 35.5. The maximum Gasteiger partial charge on any atom is 0.320 e. The number of halogens is 1. The fourth-order valence-corrected chi connectivity index (χ4v) is 2.04. The number of benzene rings is 1.